The van der Waals surface area contributed by atoms with Crippen LogP contribution in [-0.4, -0.2) is 10.4 Å². The van der Waals surface area contributed by atoms with Gasteiger partial charge in [0.15, 0.2) is 5.78 Å². The van der Waals surface area contributed by atoms with Crippen LogP contribution in [0.2, 0.25) is 0 Å². The quantitative estimate of drug-likeness (QED) is 0.299. The van der Waals surface area contributed by atoms with E-state index in [9.17, 15) is 4.79 Å². The van der Waals surface area contributed by atoms with Crippen molar-refractivity contribution in [1.82, 2.24) is 4.57 Å². The largest absolute Gasteiger partial charge is 0.350 e. The molecule has 124 valence electrons. The van der Waals surface area contributed by atoms with Crippen LogP contribution in [0.3, 0.4) is 0 Å². The summed E-state index contributed by atoms with van der Waals surface area (Å²) in [6.07, 6.45) is 1.95. The predicted octanol–water partition coefficient (Wildman–Crippen LogP) is 5.72. The highest BCUT2D eigenvalue weighted by molar-refractivity contribution is 6.27. The van der Waals surface area contributed by atoms with Crippen molar-refractivity contribution in [2.24, 2.45) is 7.05 Å². The van der Waals surface area contributed by atoms with Gasteiger partial charge in [0.05, 0.1) is 0 Å². The molecule has 26 heavy (non-hydrogen) atoms. The lowest BCUT2D eigenvalue weighted by atomic mass is 9.91. The first kappa shape index (κ1) is 14.9. The van der Waals surface area contributed by atoms with Gasteiger partial charge in [-0.3, -0.25) is 4.79 Å². The average Bonchev–Trinajstić information content (AvgIpc) is 3.02. The summed E-state index contributed by atoms with van der Waals surface area (Å²) in [5.74, 6) is 0.0785. The molecule has 0 atom stereocenters. The minimum Gasteiger partial charge on any atom is -0.350 e. The molecule has 0 bridgehead atoms. The number of aromatic nitrogens is 1. The summed E-state index contributed by atoms with van der Waals surface area (Å²) in [5, 5.41) is 5.19. The van der Waals surface area contributed by atoms with E-state index in [4.69, 9.17) is 0 Å². The molecule has 0 saturated heterocycles. The van der Waals surface area contributed by atoms with Crippen molar-refractivity contribution in [2.45, 2.75) is 0 Å². The van der Waals surface area contributed by atoms with E-state index in [2.05, 4.69) is 18.2 Å². The van der Waals surface area contributed by atoms with Gasteiger partial charge in [-0.25, -0.2) is 0 Å². The number of para-hydroxylation sites is 1. The minimum absolute atomic E-state index is 0.0785. The topological polar surface area (TPSA) is 22.0 Å². The first-order chi connectivity index (χ1) is 12.7. The highest BCUT2D eigenvalue weighted by Crippen LogP contribution is 2.32. The van der Waals surface area contributed by atoms with Crippen molar-refractivity contribution in [3.8, 4) is 0 Å². The standard InChI is InChI=1S/C24H17NO/c1-25-15-21(20-12-6-7-13-22(20)25)24(26)23-18-10-4-2-8-16(18)14-17-9-3-5-11-19(17)23/h2-15H,1H3. The number of nitrogens with zero attached hydrogens (tertiary/aromatic N) is 1. The summed E-state index contributed by atoms with van der Waals surface area (Å²) in [6, 6.07) is 26.5. The van der Waals surface area contributed by atoms with Crippen LogP contribution >= 0.6 is 0 Å². The first-order valence-corrected chi connectivity index (χ1v) is 8.73. The van der Waals surface area contributed by atoms with Crippen LogP contribution in [0, 0.1) is 0 Å². The molecule has 4 aromatic carbocycles. The Morgan fingerprint density at radius 2 is 1.27 bits per heavy atom. The molecule has 0 N–H and O–H groups in total. The molecular weight excluding hydrogens is 318 g/mol. The highest BCUT2D eigenvalue weighted by Gasteiger charge is 2.20. The maximum Gasteiger partial charge on any atom is 0.196 e. The Labute approximate surface area is 151 Å². The second kappa shape index (κ2) is 5.57. The molecule has 1 aromatic heterocycles. The maximum atomic E-state index is 13.7. The van der Waals surface area contributed by atoms with E-state index in [1.54, 1.807) is 0 Å². The molecule has 5 rings (SSSR count). The fourth-order valence-electron chi connectivity index (χ4n) is 3.92. The van der Waals surface area contributed by atoms with Crippen molar-refractivity contribution in [1.29, 1.82) is 0 Å². The number of carbonyl (C=O) groups excluding carboxylic acids is 1. The predicted molar refractivity (Wildman–Crippen MR) is 108 cm³/mol. The van der Waals surface area contributed by atoms with Gasteiger partial charge in [-0.05, 0) is 33.7 Å². The molecule has 0 amide bonds. The third-order valence-electron chi connectivity index (χ3n) is 5.14. The zero-order valence-corrected chi connectivity index (χ0v) is 14.4. The SMILES string of the molecule is Cn1cc(C(=O)c2c3ccccc3cc3ccccc23)c2ccccc21. The van der Waals surface area contributed by atoms with Gasteiger partial charge in [0.1, 0.15) is 0 Å². The Morgan fingerprint density at radius 1 is 0.731 bits per heavy atom. The molecule has 0 aliphatic heterocycles. The second-order valence-corrected chi connectivity index (χ2v) is 6.69. The van der Waals surface area contributed by atoms with Crippen molar-refractivity contribution in [2.75, 3.05) is 0 Å². The summed E-state index contributed by atoms with van der Waals surface area (Å²) in [7, 11) is 1.99. The molecule has 0 unspecified atom stereocenters. The number of benzene rings is 4. The zero-order chi connectivity index (χ0) is 17.7. The third kappa shape index (κ3) is 2.09. The number of ketones is 1. The van der Waals surface area contributed by atoms with Crippen LogP contribution in [-0.2, 0) is 7.05 Å². The molecule has 1 heterocycles. The average molecular weight is 335 g/mol. The molecule has 0 fully saturated rings. The van der Waals surface area contributed by atoms with E-state index in [0.29, 0.717) is 0 Å². The molecule has 0 aliphatic rings. The maximum absolute atomic E-state index is 13.7. The molecule has 0 aliphatic carbocycles. The van der Waals surface area contributed by atoms with Gasteiger partial charge in [0, 0.05) is 35.3 Å². The van der Waals surface area contributed by atoms with Gasteiger partial charge < -0.3 is 4.57 Å². The van der Waals surface area contributed by atoms with E-state index < -0.39 is 0 Å². The summed E-state index contributed by atoms with van der Waals surface area (Å²) >= 11 is 0. The van der Waals surface area contributed by atoms with Gasteiger partial charge in [-0.15, -0.1) is 0 Å². The number of carbonyl (C=O) groups is 1. The summed E-state index contributed by atoms with van der Waals surface area (Å²) in [4.78, 5) is 13.7. The normalized spacial score (nSPS) is 11.4. The lowest BCUT2D eigenvalue weighted by Crippen LogP contribution is -2.03. The summed E-state index contributed by atoms with van der Waals surface area (Å²) in [5.41, 5.74) is 2.61. The number of rotatable bonds is 2. The zero-order valence-electron chi connectivity index (χ0n) is 14.4. The van der Waals surface area contributed by atoms with E-state index in [1.165, 1.54) is 0 Å². The summed E-state index contributed by atoms with van der Waals surface area (Å²) < 4.78 is 2.02. The molecular formula is C24H17NO. The molecule has 0 spiro atoms. The second-order valence-electron chi connectivity index (χ2n) is 6.69. The first-order valence-electron chi connectivity index (χ1n) is 8.73. The Kier molecular flexibility index (Phi) is 3.19. The monoisotopic (exact) mass is 335 g/mol. The fraction of sp³-hybridized carbons (Fsp3) is 0.0417. The molecule has 2 nitrogen and oxygen atoms in total. The smallest absolute Gasteiger partial charge is 0.196 e. The lowest BCUT2D eigenvalue weighted by Gasteiger charge is -2.10. The van der Waals surface area contributed by atoms with Gasteiger partial charge in [-0.1, -0.05) is 66.7 Å². The van der Waals surface area contributed by atoms with Crippen molar-refractivity contribution >= 4 is 38.2 Å². The Balaban J connectivity index is 1.89. The molecule has 0 saturated carbocycles. The minimum atomic E-state index is 0.0785. The third-order valence-corrected chi connectivity index (χ3v) is 5.14. The number of aryl methyl sites for hydroxylation is 1. The van der Waals surface area contributed by atoms with E-state index in [1.807, 2.05) is 78.5 Å². The van der Waals surface area contributed by atoms with Crippen molar-refractivity contribution < 1.29 is 4.79 Å². The van der Waals surface area contributed by atoms with Crippen LogP contribution in [0.4, 0.5) is 0 Å². The summed E-state index contributed by atoms with van der Waals surface area (Å²) in [6.45, 7) is 0. The van der Waals surface area contributed by atoms with E-state index in [-0.39, 0.29) is 5.78 Å². The number of hydrogen-bond donors (Lipinski definition) is 0. The molecule has 5 aromatic rings. The van der Waals surface area contributed by atoms with Crippen LogP contribution in [0.5, 0.6) is 0 Å². The molecule has 0 radical (unpaired) electrons. The Hall–Kier alpha value is -3.39. The van der Waals surface area contributed by atoms with Crippen LogP contribution in [0.15, 0.2) is 85.1 Å². The van der Waals surface area contributed by atoms with Crippen molar-refractivity contribution in [3.63, 3.8) is 0 Å². The van der Waals surface area contributed by atoms with Gasteiger partial charge in [0.25, 0.3) is 0 Å². The highest BCUT2D eigenvalue weighted by atomic mass is 16.1. The molecule has 2 heteroatoms. The van der Waals surface area contributed by atoms with Crippen LogP contribution in [0.25, 0.3) is 32.4 Å². The van der Waals surface area contributed by atoms with E-state index >= 15 is 0 Å². The van der Waals surface area contributed by atoms with Crippen LogP contribution < -0.4 is 0 Å². The lowest BCUT2D eigenvalue weighted by molar-refractivity contribution is 0.104. The van der Waals surface area contributed by atoms with E-state index in [0.717, 1.165) is 43.6 Å². The number of fused-ring (bicyclic) bond motifs is 3. The fourth-order valence-corrected chi connectivity index (χ4v) is 3.92. The van der Waals surface area contributed by atoms with Crippen molar-refractivity contribution in [3.05, 3.63) is 96.2 Å². The Morgan fingerprint density at radius 3 is 1.92 bits per heavy atom. The van der Waals surface area contributed by atoms with Crippen LogP contribution in [0.1, 0.15) is 15.9 Å². The van der Waals surface area contributed by atoms with Gasteiger partial charge in [-0.2, -0.15) is 0 Å². The van der Waals surface area contributed by atoms with Gasteiger partial charge >= 0.3 is 0 Å². The number of hydrogen-bond acceptors (Lipinski definition) is 1. The Bertz CT molecular complexity index is 1260. The van der Waals surface area contributed by atoms with Gasteiger partial charge in [0.2, 0.25) is 0 Å².